The van der Waals surface area contributed by atoms with Gasteiger partial charge in [0.15, 0.2) is 0 Å². The van der Waals surface area contributed by atoms with E-state index in [1.165, 1.54) is 0 Å². The lowest BCUT2D eigenvalue weighted by Gasteiger charge is -2.10. The van der Waals surface area contributed by atoms with Gasteiger partial charge in [0, 0.05) is 18.5 Å². The molecule has 0 bridgehead atoms. The number of aromatic nitrogens is 2. The van der Waals surface area contributed by atoms with Gasteiger partial charge in [0.2, 0.25) is 5.95 Å². The van der Waals surface area contributed by atoms with Crippen LogP contribution in [-0.4, -0.2) is 21.7 Å². The van der Waals surface area contributed by atoms with Crippen LogP contribution in [0, 0.1) is 0 Å². The molecule has 2 aromatic rings. The van der Waals surface area contributed by atoms with Crippen LogP contribution >= 0.6 is 11.6 Å². The Hall–Kier alpha value is -1.86. The number of rotatable bonds is 4. The van der Waals surface area contributed by atoms with Crippen LogP contribution in [0.5, 0.6) is 0 Å². The number of hydrogen-bond donors (Lipinski definition) is 2. The van der Waals surface area contributed by atoms with Crippen molar-refractivity contribution < 1.29 is 18.3 Å². The Balaban J connectivity index is 2.20. The molecule has 112 valence electrons. The minimum Gasteiger partial charge on any atom is -0.396 e. The van der Waals surface area contributed by atoms with Gasteiger partial charge < -0.3 is 10.4 Å². The van der Waals surface area contributed by atoms with Crippen molar-refractivity contribution in [3.05, 3.63) is 46.7 Å². The summed E-state index contributed by atoms with van der Waals surface area (Å²) in [4.78, 5) is 7.19. The van der Waals surface area contributed by atoms with Crippen molar-refractivity contribution in [3.8, 4) is 0 Å². The fourth-order valence-electron chi connectivity index (χ4n) is 1.67. The lowest BCUT2D eigenvalue weighted by atomic mass is 10.1. The maximum atomic E-state index is 12.5. The molecule has 0 saturated heterocycles. The summed E-state index contributed by atoms with van der Waals surface area (Å²) in [5, 5.41) is 11.0. The van der Waals surface area contributed by atoms with Crippen LogP contribution in [0.25, 0.3) is 0 Å². The number of nitrogens with zero attached hydrogens (tertiary/aromatic N) is 2. The molecule has 4 nitrogen and oxygen atoms in total. The average Bonchev–Trinajstić information content (AvgIpc) is 2.38. The lowest BCUT2D eigenvalue weighted by molar-refractivity contribution is -0.137. The standard InChI is InChI=1S/C13H11ClF3N3O/c14-11-10(13(15,16)17)7-18-12(20-11)19-9-3-1-2-8(6-9)4-5-21/h1-3,6-7,21H,4-5H2,(H,18,19,20). The zero-order valence-electron chi connectivity index (χ0n) is 10.7. The molecule has 8 heteroatoms. The second-order valence-corrected chi connectivity index (χ2v) is 4.55. The average molecular weight is 318 g/mol. The third kappa shape index (κ3) is 4.05. The molecule has 0 aliphatic rings. The summed E-state index contributed by atoms with van der Waals surface area (Å²) < 4.78 is 37.6. The molecule has 0 spiro atoms. The first kappa shape index (κ1) is 15.5. The van der Waals surface area contributed by atoms with Crippen LogP contribution in [-0.2, 0) is 12.6 Å². The van der Waals surface area contributed by atoms with Crippen LogP contribution in [0.15, 0.2) is 30.5 Å². The van der Waals surface area contributed by atoms with E-state index in [4.69, 9.17) is 16.7 Å². The molecule has 0 saturated carbocycles. The van der Waals surface area contributed by atoms with E-state index in [1.807, 2.05) is 6.07 Å². The maximum absolute atomic E-state index is 12.5. The van der Waals surface area contributed by atoms with E-state index in [0.717, 1.165) is 5.56 Å². The van der Waals surface area contributed by atoms with Gasteiger partial charge in [-0.25, -0.2) is 9.97 Å². The third-order valence-electron chi connectivity index (χ3n) is 2.63. The van der Waals surface area contributed by atoms with Gasteiger partial charge >= 0.3 is 6.18 Å². The fourth-order valence-corrected chi connectivity index (χ4v) is 1.91. The van der Waals surface area contributed by atoms with Gasteiger partial charge in [0.1, 0.15) is 10.7 Å². The van der Waals surface area contributed by atoms with Crippen molar-refractivity contribution in [3.63, 3.8) is 0 Å². The monoisotopic (exact) mass is 317 g/mol. The van der Waals surface area contributed by atoms with E-state index in [9.17, 15) is 13.2 Å². The number of nitrogens with one attached hydrogen (secondary N) is 1. The van der Waals surface area contributed by atoms with E-state index < -0.39 is 16.9 Å². The first-order valence-corrected chi connectivity index (χ1v) is 6.34. The highest BCUT2D eigenvalue weighted by Crippen LogP contribution is 2.33. The number of hydrogen-bond acceptors (Lipinski definition) is 4. The highest BCUT2D eigenvalue weighted by Gasteiger charge is 2.34. The van der Waals surface area contributed by atoms with Crippen LogP contribution < -0.4 is 5.32 Å². The molecule has 1 aromatic heterocycles. The summed E-state index contributed by atoms with van der Waals surface area (Å²) in [6, 6.07) is 7.02. The number of benzene rings is 1. The Kier molecular flexibility index (Phi) is 4.64. The van der Waals surface area contributed by atoms with E-state index >= 15 is 0 Å². The van der Waals surface area contributed by atoms with Gasteiger partial charge in [-0.15, -0.1) is 0 Å². The van der Waals surface area contributed by atoms with Gasteiger partial charge in [-0.1, -0.05) is 23.7 Å². The summed E-state index contributed by atoms with van der Waals surface area (Å²) in [7, 11) is 0. The smallest absolute Gasteiger partial charge is 0.396 e. The first-order valence-electron chi connectivity index (χ1n) is 5.96. The molecule has 21 heavy (non-hydrogen) atoms. The highest BCUT2D eigenvalue weighted by atomic mass is 35.5. The first-order chi connectivity index (χ1) is 9.90. The zero-order chi connectivity index (χ0) is 15.5. The minimum absolute atomic E-state index is 0.00601. The molecule has 1 heterocycles. The lowest BCUT2D eigenvalue weighted by Crippen LogP contribution is -2.09. The Morgan fingerprint density at radius 2 is 2.05 bits per heavy atom. The van der Waals surface area contributed by atoms with E-state index in [2.05, 4.69) is 15.3 Å². The molecule has 0 fully saturated rings. The van der Waals surface area contributed by atoms with Crippen LogP contribution in [0.1, 0.15) is 11.1 Å². The fraction of sp³-hybridized carbons (Fsp3) is 0.231. The molecule has 2 rings (SSSR count). The van der Waals surface area contributed by atoms with Crippen molar-refractivity contribution >= 4 is 23.2 Å². The Morgan fingerprint density at radius 1 is 1.29 bits per heavy atom. The predicted octanol–water partition coefficient (Wildman–Crippen LogP) is 3.43. The van der Waals surface area contributed by atoms with Gasteiger partial charge in [-0.05, 0) is 24.1 Å². The predicted molar refractivity (Wildman–Crippen MR) is 72.6 cm³/mol. The zero-order valence-corrected chi connectivity index (χ0v) is 11.4. The Bertz CT molecular complexity index is 634. The summed E-state index contributed by atoms with van der Waals surface area (Å²) in [5.41, 5.74) is 0.390. The number of anilines is 2. The number of halogens is 4. The highest BCUT2D eigenvalue weighted by molar-refractivity contribution is 6.30. The second-order valence-electron chi connectivity index (χ2n) is 4.19. The number of alkyl halides is 3. The minimum atomic E-state index is -4.59. The van der Waals surface area contributed by atoms with Gasteiger partial charge in [-0.3, -0.25) is 0 Å². The normalized spacial score (nSPS) is 11.5. The van der Waals surface area contributed by atoms with Crippen molar-refractivity contribution in [2.24, 2.45) is 0 Å². The summed E-state index contributed by atoms with van der Waals surface area (Å²) in [6.45, 7) is 0.00601. The van der Waals surface area contributed by atoms with Crippen LogP contribution in [0.4, 0.5) is 24.8 Å². The topological polar surface area (TPSA) is 58.0 Å². The van der Waals surface area contributed by atoms with Gasteiger partial charge in [0.25, 0.3) is 0 Å². The Labute approximate surface area is 123 Å². The van der Waals surface area contributed by atoms with Crippen molar-refractivity contribution in [1.29, 1.82) is 0 Å². The number of aliphatic hydroxyl groups is 1. The van der Waals surface area contributed by atoms with Crippen molar-refractivity contribution in [2.75, 3.05) is 11.9 Å². The van der Waals surface area contributed by atoms with E-state index in [0.29, 0.717) is 18.3 Å². The van der Waals surface area contributed by atoms with Crippen LogP contribution in [0.3, 0.4) is 0 Å². The number of aliphatic hydroxyl groups excluding tert-OH is 1. The molecular weight excluding hydrogens is 307 g/mol. The molecule has 0 unspecified atom stereocenters. The quantitative estimate of drug-likeness (QED) is 0.848. The van der Waals surface area contributed by atoms with Crippen molar-refractivity contribution in [1.82, 2.24) is 9.97 Å². The largest absolute Gasteiger partial charge is 0.420 e. The Morgan fingerprint density at radius 3 is 2.67 bits per heavy atom. The molecule has 2 N–H and O–H groups in total. The van der Waals surface area contributed by atoms with E-state index in [-0.39, 0.29) is 12.6 Å². The SMILES string of the molecule is OCCc1cccc(Nc2ncc(C(F)(F)F)c(Cl)n2)c1. The molecule has 0 radical (unpaired) electrons. The van der Waals surface area contributed by atoms with Gasteiger partial charge in [-0.2, -0.15) is 13.2 Å². The summed E-state index contributed by atoms with van der Waals surface area (Å²) in [5.74, 6) is -0.0332. The molecule has 0 aliphatic carbocycles. The summed E-state index contributed by atoms with van der Waals surface area (Å²) in [6.07, 6.45) is -3.48. The third-order valence-corrected chi connectivity index (χ3v) is 2.92. The molecule has 0 amide bonds. The van der Waals surface area contributed by atoms with Gasteiger partial charge in [0.05, 0.1) is 0 Å². The molecule has 0 atom stereocenters. The van der Waals surface area contributed by atoms with E-state index in [1.54, 1.807) is 18.2 Å². The van der Waals surface area contributed by atoms with Crippen molar-refractivity contribution in [2.45, 2.75) is 12.6 Å². The van der Waals surface area contributed by atoms with Crippen LogP contribution in [0.2, 0.25) is 5.15 Å². The molecular formula is C13H11ClF3N3O. The summed E-state index contributed by atoms with van der Waals surface area (Å²) >= 11 is 5.52. The second kappa shape index (κ2) is 6.28. The molecule has 1 aromatic carbocycles. The molecule has 0 aliphatic heterocycles. The maximum Gasteiger partial charge on any atom is 0.420 e.